The smallest absolute Gasteiger partial charge is 0.203 e. The fourth-order valence-corrected chi connectivity index (χ4v) is 3.64. The van der Waals surface area contributed by atoms with Crippen LogP contribution in [-0.4, -0.2) is 21.4 Å². The monoisotopic (exact) mass is 375 g/mol. The van der Waals surface area contributed by atoms with Crippen LogP contribution in [0.2, 0.25) is 0 Å². The molecule has 0 fully saturated rings. The molecular formula is C18H20FN4S2+. The maximum Gasteiger partial charge on any atom is 0.203 e. The van der Waals surface area contributed by atoms with Crippen LogP contribution >= 0.6 is 23.6 Å². The summed E-state index contributed by atoms with van der Waals surface area (Å²) in [6.45, 7) is 5.93. The van der Waals surface area contributed by atoms with Gasteiger partial charge in [0, 0.05) is 17.7 Å². The van der Waals surface area contributed by atoms with E-state index in [0.29, 0.717) is 18.0 Å². The molecule has 1 N–H and O–H groups in total. The molecule has 0 radical (unpaired) electrons. The summed E-state index contributed by atoms with van der Waals surface area (Å²) in [4.78, 5) is 1.28. The molecule has 0 aliphatic rings. The quantitative estimate of drug-likeness (QED) is 0.507. The molecule has 2 aromatic heterocycles. The fraction of sp³-hybridized carbons (Fsp3) is 0.222. The van der Waals surface area contributed by atoms with E-state index in [1.807, 2.05) is 9.25 Å². The Kier molecular flexibility index (Phi) is 5.57. The zero-order valence-corrected chi connectivity index (χ0v) is 15.6. The summed E-state index contributed by atoms with van der Waals surface area (Å²) >= 11 is 7.30. The van der Waals surface area contributed by atoms with E-state index in [9.17, 15) is 4.39 Å². The van der Waals surface area contributed by atoms with E-state index in [4.69, 9.17) is 12.2 Å². The number of quaternary nitrogens is 1. The Balaban J connectivity index is 1.89. The fourth-order valence-electron chi connectivity index (χ4n) is 2.70. The van der Waals surface area contributed by atoms with Crippen molar-refractivity contribution < 1.29 is 9.29 Å². The minimum absolute atomic E-state index is 0.267. The molecule has 2 heterocycles. The van der Waals surface area contributed by atoms with Gasteiger partial charge >= 0.3 is 0 Å². The van der Waals surface area contributed by atoms with Crippen molar-refractivity contribution in [3.8, 4) is 11.4 Å². The van der Waals surface area contributed by atoms with Crippen LogP contribution in [0.1, 0.15) is 5.56 Å². The summed E-state index contributed by atoms with van der Waals surface area (Å²) in [5.41, 5.74) is 2.14. The van der Waals surface area contributed by atoms with Gasteiger partial charge in [0.2, 0.25) is 4.77 Å². The zero-order chi connectivity index (χ0) is 17.8. The van der Waals surface area contributed by atoms with Crippen LogP contribution < -0.4 is 4.90 Å². The summed E-state index contributed by atoms with van der Waals surface area (Å²) in [6, 6.07) is 8.44. The van der Waals surface area contributed by atoms with Crippen molar-refractivity contribution in [2.24, 2.45) is 0 Å². The predicted octanol–water partition coefficient (Wildman–Crippen LogP) is 3.14. The molecule has 25 heavy (non-hydrogen) atoms. The Hall–Kier alpha value is -2.09. The first-order valence-corrected chi connectivity index (χ1v) is 9.30. The number of nitrogens with zero attached hydrogens (tertiary/aromatic N) is 3. The molecule has 1 atom stereocenters. The number of aromatic nitrogens is 3. The van der Waals surface area contributed by atoms with Crippen LogP contribution in [0, 0.1) is 10.6 Å². The molecule has 0 aliphatic heterocycles. The molecule has 0 spiro atoms. The van der Waals surface area contributed by atoms with Crippen molar-refractivity contribution in [1.82, 2.24) is 14.3 Å². The van der Waals surface area contributed by atoms with E-state index in [-0.39, 0.29) is 5.82 Å². The van der Waals surface area contributed by atoms with Gasteiger partial charge in [0.05, 0.1) is 7.05 Å². The number of thiophene rings is 1. The van der Waals surface area contributed by atoms with Gasteiger partial charge < -0.3 is 4.90 Å². The van der Waals surface area contributed by atoms with Crippen LogP contribution in [-0.2, 0) is 19.8 Å². The number of allylic oxidation sites excluding steroid dienone is 1. The average molecular weight is 376 g/mol. The summed E-state index contributed by atoms with van der Waals surface area (Å²) in [6.07, 6.45) is 1.79. The first-order valence-electron chi connectivity index (χ1n) is 7.95. The van der Waals surface area contributed by atoms with Crippen molar-refractivity contribution in [1.29, 1.82) is 0 Å². The lowest BCUT2D eigenvalue weighted by Crippen LogP contribution is -3.06. The van der Waals surface area contributed by atoms with E-state index in [0.717, 1.165) is 17.9 Å². The number of halogens is 1. The number of nitrogens with one attached hydrogen (secondary N) is 1. The van der Waals surface area contributed by atoms with Gasteiger partial charge in [-0.1, -0.05) is 6.08 Å². The lowest BCUT2D eigenvalue weighted by Gasteiger charge is -2.12. The predicted molar refractivity (Wildman–Crippen MR) is 102 cm³/mol. The van der Waals surface area contributed by atoms with Crippen molar-refractivity contribution in [2.45, 2.75) is 19.8 Å². The van der Waals surface area contributed by atoms with Gasteiger partial charge in [-0.05, 0) is 53.3 Å². The second-order valence-electron chi connectivity index (χ2n) is 5.94. The van der Waals surface area contributed by atoms with Gasteiger partial charge in [-0.2, -0.15) is 16.0 Å². The topological polar surface area (TPSA) is 27.2 Å². The van der Waals surface area contributed by atoms with Gasteiger partial charge in [0.25, 0.3) is 0 Å². The second-order valence-corrected chi connectivity index (χ2v) is 7.08. The third kappa shape index (κ3) is 4.12. The number of hydrogen-bond donors (Lipinski definition) is 1. The summed E-state index contributed by atoms with van der Waals surface area (Å²) in [7, 11) is 2.11. The van der Waals surface area contributed by atoms with Gasteiger partial charge in [-0.25, -0.2) is 4.39 Å². The maximum atomic E-state index is 13.2. The van der Waals surface area contributed by atoms with Crippen LogP contribution in [0.5, 0.6) is 0 Å². The third-order valence-corrected chi connectivity index (χ3v) is 5.01. The van der Waals surface area contributed by atoms with Crippen LogP contribution in [0.4, 0.5) is 4.39 Å². The highest BCUT2D eigenvalue weighted by molar-refractivity contribution is 7.71. The molecule has 4 nitrogen and oxygen atoms in total. The summed E-state index contributed by atoms with van der Waals surface area (Å²) in [5, 5.41) is 8.92. The third-order valence-electron chi connectivity index (χ3n) is 3.84. The first-order chi connectivity index (χ1) is 12.1. The molecule has 0 saturated heterocycles. The van der Waals surface area contributed by atoms with Crippen LogP contribution in [0.15, 0.2) is 53.7 Å². The minimum atomic E-state index is -0.267. The van der Waals surface area contributed by atoms with Crippen molar-refractivity contribution >= 4 is 23.6 Å². The largest absolute Gasteiger partial charge is 0.315 e. The zero-order valence-electron chi connectivity index (χ0n) is 14.0. The average Bonchev–Trinajstić information content (AvgIpc) is 3.19. The highest BCUT2D eigenvalue weighted by Crippen LogP contribution is 2.18. The van der Waals surface area contributed by atoms with Gasteiger partial charge in [-0.15, -0.1) is 11.7 Å². The van der Waals surface area contributed by atoms with Gasteiger partial charge in [-0.3, -0.25) is 4.57 Å². The SMILES string of the molecule is C=CCn1c(-c2ccc(F)cc2)nn(C[NH+](C)Cc2ccsc2)c1=S. The molecule has 0 bridgehead atoms. The Labute approximate surface area is 155 Å². The van der Waals surface area contributed by atoms with Gasteiger partial charge in [0.15, 0.2) is 12.5 Å². The van der Waals surface area contributed by atoms with Crippen molar-refractivity contribution in [3.05, 3.63) is 69.9 Å². The molecule has 130 valence electrons. The summed E-state index contributed by atoms with van der Waals surface area (Å²) in [5.74, 6) is 0.463. The Morgan fingerprint density at radius 3 is 2.72 bits per heavy atom. The Morgan fingerprint density at radius 2 is 2.08 bits per heavy atom. The van der Waals surface area contributed by atoms with Crippen molar-refractivity contribution in [3.63, 3.8) is 0 Å². The van der Waals surface area contributed by atoms with Crippen molar-refractivity contribution in [2.75, 3.05) is 7.05 Å². The first kappa shape index (κ1) is 17.7. The molecule has 0 saturated carbocycles. The Bertz CT molecular complexity index is 894. The van der Waals surface area contributed by atoms with E-state index < -0.39 is 0 Å². The molecule has 3 rings (SSSR count). The van der Waals surface area contributed by atoms with Crippen LogP contribution in [0.25, 0.3) is 11.4 Å². The minimum Gasteiger partial charge on any atom is -0.315 e. The number of rotatable bonds is 7. The number of benzene rings is 1. The molecule has 0 amide bonds. The molecule has 0 aliphatic carbocycles. The van der Waals surface area contributed by atoms with E-state index >= 15 is 0 Å². The lowest BCUT2D eigenvalue weighted by atomic mass is 10.2. The van der Waals surface area contributed by atoms with Crippen LogP contribution in [0.3, 0.4) is 0 Å². The lowest BCUT2D eigenvalue weighted by molar-refractivity contribution is -0.917. The maximum absolute atomic E-state index is 13.2. The second kappa shape index (κ2) is 7.86. The van der Waals surface area contributed by atoms with E-state index in [2.05, 4.69) is 35.6 Å². The van der Waals surface area contributed by atoms with E-state index in [1.54, 1.807) is 29.5 Å². The van der Waals surface area contributed by atoms with Gasteiger partial charge in [0.1, 0.15) is 12.4 Å². The highest BCUT2D eigenvalue weighted by Gasteiger charge is 2.15. The molecule has 3 aromatic rings. The molecule has 1 unspecified atom stereocenters. The molecule has 1 aromatic carbocycles. The number of hydrogen-bond acceptors (Lipinski definition) is 3. The molecule has 7 heteroatoms. The Morgan fingerprint density at radius 1 is 1.32 bits per heavy atom. The normalized spacial score (nSPS) is 12.2. The van der Waals surface area contributed by atoms with E-state index in [1.165, 1.54) is 22.6 Å². The highest BCUT2D eigenvalue weighted by atomic mass is 32.1. The molecular weight excluding hydrogens is 355 g/mol. The summed E-state index contributed by atoms with van der Waals surface area (Å²) < 4.78 is 17.6. The standard InChI is InChI=1S/C18H19FN4S2/c1-3-9-22-17(15-4-6-16(19)7-5-15)20-23(18(22)24)13-21(2)11-14-8-10-25-12-14/h3-8,10,12H,1,9,11,13H2,2H3/p+1.